The molecule has 3 aromatic carbocycles. The molecule has 16 heteroatoms. The van der Waals surface area contributed by atoms with Gasteiger partial charge in [-0.3, -0.25) is 14.4 Å². The number of para-hydroxylation sites is 1. The Labute approximate surface area is 283 Å². The molecule has 1 aliphatic heterocycles. The topological polar surface area (TPSA) is 149 Å². The number of fused-ring (bicyclic) bond motifs is 1. The number of tetrazole rings is 1. The fraction of sp³-hybridized carbons (Fsp3) is 0.250. The molecule has 2 N–H and O–H groups in total. The molecule has 1 aliphatic rings. The number of ether oxygens (including phenoxy) is 3. The Hall–Kier alpha value is -5.21. The van der Waals surface area contributed by atoms with Gasteiger partial charge in [0, 0.05) is 50.6 Å². The average molecular weight is 696 g/mol. The summed E-state index contributed by atoms with van der Waals surface area (Å²) in [5, 5.41) is 20.9. The molecule has 2 amide bonds. The molecule has 0 atom stereocenters. The summed E-state index contributed by atoms with van der Waals surface area (Å²) in [6.45, 7) is 2.84. The van der Waals surface area contributed by atoms with Crippen LogP contribution in [0.1, 0.15) is 33.7 Å². The first-order chi connectivity index (χ1) is 23.3. The molecular formula is C32H29Cl2FN8O5. The second-order valence-corrected chi connectivity index (χ2v) is 11.5. The Balaban J connectivity index is 1.13. The van der Waals surface area contributed by atoms with Crippen molar-refractivity contribution in [1.29, 1.82) is 0 Å². The van der Waals surface area contributed by atoms with E-state index in [1.807, 2.05) is 19.1 Å². The van der Waals surface area contributed by atoms with Crippen molar-refractivity contribution >= 4 is 40.9 Å². The number of anilines is 1. The highest BCUT2D eigenvalue weighted by Gasteiger charge is 2.26. The van der Waals surface area contributed by atoms with E-state index < -0.39 is 17.8 Å². The summed E-state index contributed by atoms with van der Waals surface area (Å²) in [6.07, 6.45) is 3.40. The van der Waals surface area contributed by atoms with Gasteiger partial charge in [0.15, 0.2) is 11.6 Å². The number of carbonyl (C=O) groups excluding carboxylic acids is 2. The molecule has 2 aromatic heterocycles. The lowest BCUT2D eigenvalue weighted by molar-refractivity contribution is 0.0949. The first kappa shape index (κ1) is 32.7. The van der Waals surface area contributed by atoms with Gasteiger partial charge in [-0.2, -0.15) is 10.3 Å². The Kier molecular flexibility index (Phi) is 10.0. The number of nitrogens with one attached hydrogen (secondary N) is 2. The molecule has 0 saturated carbocycles. The summed E-state index contributed by atoms with van der Waals surface area (Å²) in [5.41, 5.74) is 2.94. The van der Waals surface area contributed by atoms with E-state index >= 15 is 4.39 Å². The predicted molar refractivity (Wildman–Crippen MR) is 174 cm³/mol. The Morgan fingerprint density at radius 1 is 1.12 bits per heavy atom. The third kappa shape index (κ3) is 7.34. The first-order valence-corrected chi connectivity index (χ1v) is 15.6. The number of nitrogens with zero attached hydrogens (tertiary/aromatic N) is 6. The van der Waals surface area contributed by atoms with Gasteiger partial charge in [-0.05, 0) is 43.7 Å². The monoisotopic (exact) mass is 694 g/mol. The highest BCUT2D eigenvalue weighted by atomic mass is 35.5. The minimum absolute atomic E-state index is 0.000535. The zero-order valence-corrected chi connectivity index (χ0v) is 27.1. The van der Waals surface area contributed by atoms with Crippen LogP contribution in [0.15, 0.2) is 60.9 Å². The van der Waals surface area contributed by atoms with E-state index in [0.29, 0.717) is 52.9 Å². The minimum atomic E-state index is -0.663. The van der Waals surface area contributed by atoms with E-state index in [2.05, 4.69) is 31.0 Å². The molecule has 3 heterocycles. The van der Waals surface area contributed by atoms with E-state index in [-0.39, 0.29) is 48.3 Å². The van der Waals surface area contributed by atoms with E-state index in [1.165, 1.54) is 15.6 Å². The number of benzene rings is 3. The molecule has 48 heavy (non-hydrogen) atoms. The second-order valence-electron chi connectivity index (χ2n) is 10.7. The molecule has 6 rings (SSSR count). The van der Waals surface area contributed by atoms with Crippen LogP contribution in [0.4, 0.5) is 14.9 Å². The van der Waals surface area contributed by atoms with Gasteiger partial charge in [0.1, 0.15) is 24.8 Å². The normalized spacial score (nSPS) is 12.5. The van der Waals surface area contributed by atoms with Crippen LogP contribution < -0.4 is 19.7 Å². The highest BCUT2D eigenvalue weighted by Crippen LogP contribution is 2.40. The molecule has 0 aliphatic carbocycles. The fourth-order valence-electron chi connectivity index (χ4n) is 5.08. The summed E-state index contributed by atoms with van der Waals surface area (Å²) >= 11 is 12.6. The number of hydrogen-bond acceptors (Lipinski definition) is 9. The zero-order valence-electron chi connectivity index (χ0n) is 25.6. The summed E-state index contributed by atoms with van der Waals surface area (Å²) in [6, 6.07) is 13.3. The van der Waals surface area contributed by atoms with Gasteiger partial charge < -0.3 is 19.5 Å². The van der Waals surface area contributed by atoms with Crippen molar-refractivity contribution in [2.24, 2.45) is 0 Å². The first-order valence-electron chi connectivity index (χ1n) is 14.9. The van der Waals surface area contributed by atoms with Crippen LogP contribution in [0, 0.1) is 12.7 Å². The zero-order chi connectivity index (χ0) is 33.6. The number of carbonyl (C=O) groups is 2. The molecule has 0 saturated heterocycles. The van der Waals surface area contributed by atoms with Crippen LogP contribution in [-0.2, 0) is 17.8 Å². The fourth-order valence-corrected chi connectivity index (χ4v) is 5.51. The van der Waals surface area contributed by atoms with Gasteiger partial charge in [0.25, 0.3) is 5.91 Å². The largest absolute Gasteiger partial charge is 0.491 e. The SMILES string of the molecule is Cc1c(Cl)cccc1OCCOC(=O)N1CCCOc2c(-c3cnn(Cc4c(F)cc(C(=O)NCc5nn[nH]n5)cc4Cl)c3)cccc21. The van der Waals surface area contributed by atoms with Gasteiger partial charge in [-0.15, -0.1) is 10.2 Å². The van der Waals surface area contributed by atoms with E-state index in [9.17, 15) is 9.59 Å². The van der Waals surface area contributed by atoms with Crippen molar-refractivity contribution in [3.05, 3.63) is 99.3 Å². The van der Waals surface area contributed by atoms with Crippen LogP contribution in [0.3, 0.4) is 0 Å². The maximum atomic E-state index is 15.2. The molecule has 5 aromatic rings. The highest BCUT2D eigenvalue weighted by molar-refractivity contribution is 6.32. The third-order valence-electron chi connectivity index (χ3n) is 7.53. The Morgan fingerprint density at radius 3 is 2.79 bits per heavy atom. The average Bonchev–Trinajstić information content (AvgIpc) is 3.73. The Morgan fingerprint density at radius 2 is 1.98 bits per heavy atom. The van der Waals surface area contributed by atoms with E-state index in [4.69, 9.17) is 37.4 Å². The smallest absolute Gasteiger partial charge is 0.414 e. The number of hydrogen-bond donors (Lipinski definition) is 2. The van der Waals surface area contributed by atoms with Crippen LogP contribution in [0.2, 0.25) is 10.0 Å². The van der Waals surface area contributed by atoms with Crippen LogP contribution in [0.25, 0.3) is 11.1 Å². The molecule has 13 nitrogen and oxygen atoms in total. The predicted octanol–water partition coefficient (Wildman–Crippen LogP) is 5.60. The van der Waals surface area contributed by atoms with Crippen molar-refractivity contribution in [2.75, 3.05) is 31.3 Å². The molecule has 0 bridgehead atoms. The van der Waals surface area contributed by atoms with Gasteiger partial charge in [0.2, 0.25) is 0 Å². The summed E-state index contributed by atoms with van der Waals surface area (Å²) in [7, 11) is 0. The number of amides is 2. The molecule has 248 valence electrons. The molecule has 0 fully saturated rings. The van der Waals surface area contributed by atoms with Gasteiger partial charge >= 0.3 is 6.09 Å². The van der Waals surface area contributed by atoms with Crippen molar-refractivity contribution < 1.29 is 28.2 Å². The molecular weight excluding hydrogens is 666 g/mol. The lowest BCUT2D eigenvalue weighted by Gasteiger charge is -2.22. The van der Waals surface area contributed by atoms with Crippen LogP contribution >= 0.6 is 23.2 Å². The maximum absolute atomic E-state index is 15.2. The van der Waals surface area contributed by atoms with Crippen molar-refractivity contribution in [3.8, 4) is 22.6 Å². The van der Waals surface area contributed by atoms with E-state index in [1.54, 1.807) is 36.7 Å². The summed E-state index contributed by atoms with van der Waals surface area (Å²) in [5.74, 6) is 0.193. The number of aromatic amines is 1. The number of halogens is 3. The standard InChI is InChI=1S/C32H29Cl2FN8O5/c1-19-24(33)6-3-8-28(19)46-11-12-48-32(45)43-9-4-10-47-30-22(5-2-7-27(30)43)21-15-37-42(17-21)18-23-25(34)13-20(14-26(23)35)31(44)36-16-29-38-40-41-39-29/h2-3,5-8,13-15,17H,4,9-12,16,18H2,1H3,(H,36,44)(H,38,39,40,41). The number of rotatable bonds is 10. The minimum Gasteiger partial charge on any atom is -0.491 e. The van der Waals surface area contributed by atoms with Gasteiger partial charge in [-0.1, -0.05) is 46.6 Å². The summed E-state index contributed by atoms with van der Waals surface area (Å²) < 4.78 is 34.1. The molecule has 0 unspecified atom stereocenters. The van der Waals surface area contributed by atoms with E-state index in [0.717, 1.165) is 11.6 Å². The summed E-state index contributed by atoms with van der Waals surface area (Å²) in [4.78, 5) is 27.3. The van der Waals surface area contributed by atoms with Crippen molar-refractivity contribution in [2.45, 2.75) is 26.4 Å². The maximum Gasteiger partial charge on any atom is 0.414 e. The molecule has 0 spiro atoms. The third-order valence-corrected chi connectivity index (χ3v) is 8.27. The van der Waals surface area contributed by atoms with Gasteiger partial charge in [0.05, 0.1) is 31.6 Å². The van der Waals surface area contributed by atoms with Gasteiger partial charge in [-0.25, -0.2) is 9.18 Å². The number of H-pyrrole nitrogens is 1. The lowest BCUT2D eigenvalue weighted by atomic mass is 10.1. The van der Waals surface area contributed by atoms with Crippen molar-refractivity contribution in [1.82, 2.24) is 35.7 Å². The molecule has 0 radical (unpaired) electrons. The quantitative estimate of drug-likeness (QED) is 0.178. The Bertz CT molecular complexity index is 1910. The lowest BCUT2D eigenvalue weighted by Crippen LogP contribution is -2.33. The van der Waals surface area contributed by atoms with Crippen LogP contribution in [0.5, 0.6) is 11.5 Å². The number of aromatic nitrogens is 6. The second kappa shape index (κ2) is 14.7. The van der Waals surface area contributed by atoms with Crippen molar-refractivity contribution in [3.63, 3.8) is 0 Å². The van der Waals surface area contributed by atoms with Crippen LogP contribution in [-0.4, -0.2) is 68.8 Å².